The molecule has 0 bridgehead atoms. The van der Waals surface area contributed by atoms with E-state index in [-0.39, 0.29) is 11.1 Å². The van der Waals surface area contributed by atoms with Gasteiger partial charge in [0, 0.05) is 16.7 Å². The molecule has 0 spiro atoms. The molecule has 8 nitrogen and oxygen atoms in total. The fraction of sp³-hybridized carbons (Fsp3) is 0.0857. The van der Waals surface area contributed by atoms with Crippen LogP contribution in [-0.2, 0) is 44.9 Å². The zero-order valence-electron chi connectivity index (χ0n) is 22.6. The van der Waals surface area contributed by atoms with Crippen LogP contribution < -0.4 is 0 Å². The van der Waals surface area contributed by atoms with Crippen molar-refractivity contribution in [2.24, 2.45) is 0 Å². The molecule has 43 heavy (non-hydrogen) atoms. The third kappa shape index (κ3) is 4.96. The molecule has 2 aromatic rings. The second kappa shape index (κ2) is 11.2. The van der Waals surface area contributed by atoms with Crippen LogP contribution in [-0.4, -0.2) is 23.0 Å². The maximum atomic E-state index is 13.0. The molecule has 2 aromatic carbocycles. The summed E-state index contributed by atoms with van der Waals surface area (Å²) in [7, 11) is 0. The topological polar surface area (TPSA) is 108 Å². The van der Waals surface area contributed by atoms with Gasteiger partial charge in [0.1, 0.15) is 11.1 Å². The third-order valence-electron chi connectivity index (χ3n) is 7.04. The Morgan fingerprint density at radius 1 is 0.744 bits per heavy atom. The lowest BCUT2D eigenvalue weighted by molar-refractivity contribution is -0.227. The smallest absolute Gasteiger partial charge is 0.349 e. The predicted molar refractivity (Wildman–Crippen MR) is 154 cm³/mol. The van der Waals surface area contributed by atoms with Gasteiger partial charge < -0.3 is 24.1 Å². The number of ether oxygens (including phenoxy) is 4. The highest BCUT2D eigenvalue weighted by Gasteiger charge is 2.50. The lowest BCUT2D eigenvalue weighted by Crippen LogP contribution is -2.45. The monoisotopic (exact) mass is 572 g/mol. The normalized spacial score (nSPS) is 24.7. The van der Waals surface area contributed by atoms with Crippen LogP contribution in [0.25, 0.3) is 0 Å². The summed E-state index contributed by atoms with van der Waals surface area (Å²) in [5, 5.41) is 10.7. The second-order valence-electron chi connectivity index (χ2n) is 9.69. The van der Waals surface area contributed by atoms with Crippen LogP contribution in [0.5, 0.6) is 0 Å². The van der Waals surface area contributed by atoms with E-state index in [1.165, 1.54) is 30.4 Å². The van der Waals surface area contributed by atoms with E-state index >= 15 is 0 Å². The van der Waals surface area contributed by atoms with Gasteiger partial charge >= 0.3 is 29.5 Å². The number of allylic oxidation sites excluding steroid dienone is 8. The quantitative estimate of drug-likeness (QED) is 0.148. The van der Waals surface area contributed by atoms with Crippen LogP contribution in [0.1, 0.15) is 17.5 Å². The van der Waals surface area contributed by atoms with Crippen molar-refractivity contribution in [2.45, 2.75) is 18.0 Å². The molecule has 212 valence electrons. The van der Waals surface area contributed by atoms with Gasteiger partial charge in [0.2, 0.25) is 0 Å². The highest BCUT2D eigenvalue weighted by atomic mass is 16.8. The zero-order chi connectivity index (χ0) is 29.9. The van der Waals surface area contributed by atoms with Crippen LogP contribution in [0.4, 0.5) is 0 Å². The van der Waals surface area contributed by atoms with Crippen LogP contribution in [0.3, 0.4) is 0 Å². The predicted octanol–water partition coefficient (Wildman–Crippen LogP) is 5.71. The molecule has 1 saturated heterocycles. The number of aliphatic hydroxyl groups is 1. The second-order valence-corrected chi connectivity index (χ2v) is 9.69. The van der Waals surface area contributed by atoms with E-state index in [1.807, 2.05) is 18.2 Å². The van der Waals surface area contributed by atoms with Gasteiger partial charge in [-0.1, -0.05) is 103 Å². The standard InChI is InChI=1S/C35H24O8/c36-30-28(31(37)41-34(40-30,26-18-10-11-19-26)24-14-4-1-5-15-24)22-8-3-9-23-29-32(38)42-35(43-33(29)39,27-20-12-13-21-27)25-16-6-2-7-17-25/h1-18,20,22-23,38H,19H2. The van der Waals surface area contributed by atoms with E-state index in [9.17, 15) is 19.5 Å². The number of rotatable bonds is 7. The molecule has 2 heterocycles. The molecule has 1 atom stereocenters. The van der Waals surface area contributed by atoms with Gasteiger partial charge in [0.25, 0.3) is 5.95 Å². The number of hydrogen-bond acceptors (Lipinski definition) is 8. The van der Waals surface area contributed by atoms with Crippen molar-refractivity contribution in [1.29, 1.82) is 0 Å². The van der Waals surface area contributed by atoms with Crippen molar-refractivity contribution in [1.82, 2.24) is 0 Å². The van der Waals surface area contributed by atoms with E-state index < -0.39 is 35.4 Å². The zero-order valence-corrected chi connectivity index (χ0v) is 22.6. The van der Waals surface area contributed by atoms with Crippen LogP contribution in [0.2, 0.25) is 0 Å². The first-order chi connectivity index (χ1) is 20.9. The lowest BCUT2D eigenvalue weighted by atomic mass is 9.94. The summed E-state index contributed by atoms with van der Waals surface area (Å²) in [5.74, 6) is -6.49. The molecule has 8 heteroatoms. The van der Waals surface area contributed by atoms with Gasteiger partial charge in [0.15, 0.2) is 0 Å². The Morgan fingerprint density at radius 3 is 1.98 bits per heavy atom. The van der Waals surface area contributed by atoms with Crippen molar-refractivity contribution in [3.8, 4) is 0 Å². The van der Waals surface area contributed by atoms with Crippen LogP contribution in [0.15, 0.2) is 161 Å². The number of carbonyl (C=O) groups excluding carboxylic acids is 3. The lowest BCUT2D eigenvalue weighted by Gasteiger charge is -2.37. The van der Waals surface area contributed by atoms with Gasteiger partial charge in [-0.15, -0.1) is 5.73 Å². The SMILES string of the molecule is O=C1OC(C2=CC=CC2)(c2ccccc2)OC(=O)C1=CC=CC=CC1=C(O)OC(C2=C=CC=C2)(c2ccccc2)OC1=O. The minimum absolute atomic E-state index is 0.224. The Bertz CT molecular complexity index is 1760. The minimum atomic E-state index is -1.70. The number of hydrogen-bond donors (Lipinski definition) is 1. The van der Waals surface area contributed by atoms with Gasteiger partial charge in [-0.05, 0) is 30.7 Å². The largest absolute Gasteiger partial charge is 0.480 e. The van der Waals surface area contributed by atoms with E-state index in [1.54, 1.807) is 78.9 Å². The molecule has 2 aliphatic carbocycles. The van der Waals surface area contributed by atoms with Gasteiger partial charge in [-0.3, -0.25) is 0 Å². The van der Waals surface area contributed by atoms with Crippen molar-refractivity contribution in [3.63, 3.8) is 0 Å². The number of benzene rings is 2. The first kappa shape index (κ1) is 27.3. The Balaban J connectivity index is 1.20. The van der Waals surface area contributed by atoms with Crippen molar-refractivity contribution in [3.05, 3.63) is 173 Å². The highest BCUT2D eigenvalue weighted by molar-refractivity contribution is 6.15. The number of cyclic esters (lactones) is 3. The van der Waals surface area contributed by atoms with Gasteiger partial charge in [-0.25, -0.2) is 14.4 Å². The molecule has 6 rings (SSSR count). The van der Waals surface area contributed by atoms with E-state index in [0.717, 1.165) is 0 Å². The first-order valence-corrected chi connectivity index (χ1v) is 13.4. The average Bonchev–Trinajstić information content (AvgIpc) is 3.76. The molecule has 2 aliphatic heterocycles. The average molecular weight is 573 g/mol. The third-order valence-corrected chi connectivity index (χ3v) is 7.04. The van der Waals surface area contributed by atoms with E-state index in [0.29, 0.717) is 28.7 Å². The molecule has 0 amide bonds. The minimum Gasteiger partial charge on any atom is -0.480 e. The van der Waals surface area contributed by atoms with Gasteiger partial charge in [0.05, 0.1) is 5.57 Å². The van der Waals surface area contributed by atoms with Crippen molar-refractivity contribution < 1.29 is 38.4 Å². The highest BCUT2D eigenvalue weighted by Crippen LogP contribution is 2.43. The van der Waals surface area contributed by atoms with E-state index in [4.69, 9.17) is 18.9 Å². The van der Waals surface area contributed by atoms with Crippen molar-refractivity contribution in [2.75, 3.05) is 0 Å². The summed E-state index contributed by atoms with van der Waals surface area (Å²) in [4.78, 5) is 39.0. The Morgan fingerprint density at radius 2 is 1.40 bits per heavy atom. The molecule has 1 unspecified atom stereocenters. The van der Waals surface area contributed by atoms with E-state index in [2.05, 4.69) is 5.73 Å². The number of esters is 3. The first-order valence-electron chi connectivity index (χ1n) is 13.4. The maximum Gasteiger partial charge on any atom is 0.349 e. The molecule has 1 fully saturated rings. The summed E-state index contributed by atoms with van der Waals surface area (Å²) >= 11 is 0. The Kier molecular flexibility index (Phi) is 7.12. The summed E-state index contributed by atoms with van der Waals surface area (Å²) in [5.41, 5.74) is 4.50. The summed E-state index contributed by atoms with van der Waals surface area (Å²) in [6, 6.07) is 17.6. The molecule has 4 aliphatic rings. The Labute approximate surface area is 246 Å². The van der Waals surface area contributed by atoms with Gasteiger partial charge in [-0.2, -0.15) is 0 Å². The molecular formula is C35H24O8. The Hall–Kier alpha value is -5.85. The molecule has 0 saturated carbocycles. The molecule has 1 N–H and O–H groups in total. The summed E-state index contributed by atoms with van der Waals surface area (Å²) in [6.07, 6.45) is 17.8. The number of aliphatic hydroxyl groups excluding tert-OH is 1. The molecule has 0 radical (unpaired) electrons. The maximum absolute atomic E-state index is 13.0. The molecular weight excluding hydrogens is 548 g/mol. The number of carbonyl (C=O) groups is 3. The van der Waals surface area contributed by atoms with Crippen LogP contribution in [0, 0.1) is 0 Å². The fourth-order valence-electron chi connectivity index (χ4n) is 4.96. The summed E-state index contributed by atoms with van der Waals surface area (Å²) < 4.78 is 23.1. The molecule has 0 aromatic heterocycles. The van der Waals surface area contributed by atoms with Crippen molar-refractivity contribution >= 4 is 17.9 Å². The summed E-state index contributed by atoms with van der Waals surface area (Å²) in [6.45, 7) is 0. The van der Waals surface area contributed by atoms with Crippen LogP contribution >= 0.6 is 0 Å². The fourth-order valence-corrected chi connectivity index (χ4v) is 4.96.